The van der Waals surface area contributed by atoms with Crippen molar-refractivity contribution >= 4 is 37.6 Å². The molecule has 2 fully saturated rings. The molecule has 0 aromatic heterocycles. The lowest BCUT2D eigenvalue weighted by molar-refractivity contribution is -0.325. The van der Waals surface area contributed by atoms with E-state index >= 15 is 0 Å². The van der Waals surface area contributed by atoms with E-state index in [4.69, 9.17) is 14.2 Å². The van der Waals surface area contributed by atoms with Gasteiger partial charge in [0.25, 0.3) is 0 Å². The quantitative estimate of drug-likeness (QED) is 0.168. The third kappa shape index (κ3) is 6.28. The van der Waals surface area contributed by atoms with Gasteiger partial charge in [0.2, 0.25) is 0 Å². The molecular formula is C22H40O4S2Si. The number of ether oxygens (including phenoxy) is 3. The number of hydrogen-bond donors (Lipinski definition) is 0. The third-order valence-corrected chi connectivity index (χ3v) is 10.6. The SMILES string of the molecule is CCOC(=O)[C@H]1C(C2(C/C=C/C[Si](C)(C)C)SCCCS2)CC1(OCC)OCC. The van der Waals surface area contributed by atoms with E-state index in [9.17, 15) is 4.79 Å². The molecule has 1 saturated heterocycles. The van der Waals surface area contributed by atoms with Gasteiger partial charge in [0.15, 0.2) is 5.79 Å². The molecule has 1 aliphatic heterocycles. The number of carbonyl (C=O) groups excluding carboxylic acids is 1. The minimum Gasteiger partial charge on any atom is -0.466 e. The molecule has 29 heavy (non-hydrogen) atoms. The normalized spacial score (nSPS) is 26.3. The van der Waals surface area contributed by atoms with Crippen molar-refractivity contribution in [2.45, 2.75) is 75.6 Å². The van der Waals surface area contributed by atoms with Gasteiger partial charge in [-0.25, -0.2) is 0 Å². The fourth-order valence-electron chi connectivity index (χ4n) is 4.27. The Morgan fingerprint density at radius 1 is 1.03 bits per heavy atom. The number of esters is 1. The zero-order chi connectivity index (χ0) is 21.5. The monoisotopic (exact) mass is 460 g/mol. The van der Waals surface area contributed by atoms with Crippen molar-refractivity contribution in [1.82, 2.24) is 0 Å². The van der Waals surface area contributed by atoms with Gasteiger partial charge in [0, 0.05) is 33.6 Å². The second-order valence-corrected chi connectivity index (χ2v) is 17.7. The first-order chi connectivity index (χ1) is 13.7. The Labute approximate surface area is 187 Å². The maximum Gasteiger partial charge on any atom is 0.314 e. The van der Waals surface area contributed by atoms with Crippen LogP contribution >= 0.6 is 23.5 Å². The van der Waals surface area contributed by atoms with Crippen molar-refractivity contribution < 1.29 is 19.0 Å². The van der Waals surface area contributed by atoms with E-state index in [1.54, 1.807) is 0 Å². The smallest absolute Gasteiger partial charge is 0.314 e. The molecule has 1 unspecified atom stereocenters. The van der Waals surface area contributed by atoms with E-state index in [2.05, 4.69) is 31.8 Å². The first kappa shape index (κ1) is 25.3. The van der Waals surface area contributed by atoms with Crippen LogP contribution in [0, 0.1) is 11.8 Å². The highest BCUT2D eigenvalue weighted by Gasteiger charge is 2.66. The van der Waals surface area contributed by atoms with Crippen LogP contribution < -0.4 is 0 Å². The summed E-state index contributed by atoms with van der Waals surface area (Å²) in [5.41, 5.74) is 0. The van der Waals surface area contributed by atoms with Crippen molar-refractivity contribution in [3.05, 3.63) is 12.2 Å². The Kier molecular flexibility index (Phi) is 9.66. The van der Waals surface area contributed by atoms with Crippen molar-refractivity contribution in [2.24, 2.45) is 11.8 Å². The lowest BCUT2D eigenvalue weighted by atomic mass is 9.65. The summed E-state index contributed by atoms with van der Waals surface area (Å²) in [6.07, 6.45) is 7.73. The average molecular weight is 461 g/mol. The molecule has 0 bridgehead atoms. The van der Waals surface area contributed by atoms with Crippen LogP contribution in [0.1, 0.15) is 40.0 Å². The average Bonchev–Trinajstić information content (AvgIpc) is 2.64. The molecule has 2 rings (SSSR count). The van der Waals surface area contributed by atoms with Gasteiger partial charge in [0.05, 0.1) is 10.7 Å². The molecule has 1 heterocycles. The summed E-state index contributed by atoms with van der Waals surface area (Å²) in [5, 5.41) is 0. The number of rotatable bonds is 11. The third-order valence-electron chi connectivity index (χ3n) is 5.54. The van der Waals surface area contributed by atoms with Crippen molar-refractivity contribution in [3.63, 3.8) is 0 Å². The summed E-state index contributed by atoms with van der Waals surface area (Å²) in [6.45, 7) is 14.5. The molecular weight excluding hydrogens is 420 g/mol. The van der Waals surface area contributed by atoms with Gasteiger partial charge in [-0.15, -0.1) is 23.5 Å². The molecule has 2 atom stereocenters. The first-order valence-corrected chi connectivity index (χ1v) is 16.8. The minimum absolute atomic E-state index is 0.00329. The Morgan fingerprint density at radius 3 is 2.17 bits per heavy atom. The Morgan fingerprint density at radius 2 is 1.66 bits per heavy atom. The number of thioether (sulfide) groups is 2. The fraction of sp³-hybridized carbons (Fsp3) is 0.864. The maximum atomic E-state index is 13.0. The highest BCUT2D eigenvalue weighted by atomic mass is 32.2. The first-order valence-electron chi connectivity index (χ1n) is 11.1. The largest absolute Gasteiger partial charge is 0.466 e. The summed E-state index contributed by atoms with van der Waals surface area (Å²) in [6, 6.07) is 1.20. The summed E-state index contributed by atoms with van der Waals surface area (Å²) < 4.78 is 17.6. The van der Waals surface area contributed by atoms with Crippen molar-refractivity contribution in [3.8, 4) is 0 Å². The predicted molar refractivity (Wildman–Crippen MR) is 128 cm³/mol. The van der Waals surface area contributed by atoms with Crippen molar-refractivity contribution in [1.29, 1.82) is 0 Å². The standard InChI is InChI=1S/C22H40O4S2Si/c1-7-24-20(23)19-18(17-21(19,25-8-2)26-9-3)22(27-14-12-15-28-22)13-10-11-16-29(4,5)6/h10-11,18-19H,7-9,12-17H2,1-6H3/b11-10+/t18?,19-/m1/s1. The molecule has 0 aromatic rings. The molecule has 2 aliphatic rings. The number of hydrogen-bond acceptors (Lipinski definition) is 6. The highest BCUT2D eigenvalue weighted by Crippen LogP contribution is 2.62. The minimum atomic E-state index is -1.09. The molecule has 0 N–H and O–H groups in total. The van der Waals surface area contributed by atoms with E-state index < -0.39 is 13.9 Å². The lowest BCUT2D eigenvalue weighted by Gasteiger charge is -2.58. The second-order valence-electron chi connectivity index (χ2n) is 9.02. The number of allylic oxidation sites excluding steroid dienone is 2. The summed E-state index contributed by atoms with van der Waals surface area (Å²) in [4.78, 5) is 13.0. The van der Waals surface area contributed by atoms with Gasteiger partial charge in [-0.1, -0.05) is 31.8 Å². The second kappa shape index (κ2) is 11.1. The zero-order valence-electron chi connectivity index (χ0n) is 19.1. The summed E-state index contributed by atoms with van der Waals surface area (Å²) >= 11 is 4.07. The van der Waals surface area contributed by atoms with Gasteiger partial charge in [0.1, 0.15) is 5.92 Å². The summed E-state index contributed by atoms with van der Waals surface area (Å²) in [7, 11) is -1.09. The van der Waals surface area contributed by atoms with Crippen LogP contribution in [0.5, 0.6) is 0 Å². The van der Waals surface area contributed by atoms with Gasteiger partial charge < -0.3 is 14.2 Å². The molecule has 0 aromatic carbocycles. The maximum absolute atomic E-state index is 13.0. The molecule has 0 amide bonds. The Bertz CT molecular complexity index is 550. The van der Waals surface area contributed by atoms with Gasteiger partial charge >= 0.3 is 5.97 Å². The van der Waals surface area contributed by atoms with E-state index in [1.165, 1.54) is 12.5 Å². The molecule has 1 aliphatic carbocycles. The molecule has 1 saturated carbocycles. The highest BCUT2D eigenvalue weighted by molar-refractivity contribution is 8.18. The summed E-state index contributed by atoms with van der Waals surface area (Å²) in [5.74, 6) is 1.16. The molecule has 7 heteroatoms. The van der Waals surface area contributed by atoms with Crippen LogP contribution in [-0.2, 0) is 19.0 Å². The van der Waals surface area contributed by atoms with E-state index in [0.717, 1.165) is 24.3 Å². The Hall–Kier alpha value is 0.0469. The van der Waals surface area contributed by atoms with E-state index in [-0.39, 0.29) is 21.9 Å². The van der Waals surface area contributed by atoms with E-state index in [0.29, 0.717) is 19.8 Å². The van der Waals surface area contributed by atoms with Crippen LogP contribution in [0.3, 0.4) is 0 Å². The topological polar surface area (TPSA) is 44.8 Å². The van der Waals surface area contributed by atoms with Gasteiger partial charge in [-0.05, 0) is 51.2 Å². The molecule has 4 nitrogen and oxygen atoms in total. The molecule has 0 radical (unpaired) electrons. The van der Waals surface area contributed by atoms with Crippen LogP contribution in [0.25, 0.3) is 0 Å². The fourth-order valence-corrected chi connectivity index (χ4v) is 8.72. The number of carbonyl (C=O) groups is 1. The molecule has 0 spiro atoms. The lowest BCUT2D eigenvalue weighted by Crippen LogP contribution is -2.66. The van der Waals surface area contributed by atoms with Gasteiger partial charge in [-0.3, -0.25) is 4.79 Å². The van der Waals surface area contributed by atoms with Crippen LogP contribution in [0.2, 0.25) is 25.7 Å². The van der Waals surface area contributed by atoms with Crippen LogP contribution in [0.15, 0.2) is 12.2 Å². The van der Waals surface area contributed by atoms with Crippen LogP contribution in [-0.4, -0.2) is 55.2 Å². The molecule has 168 valence electrons. The van der Waals surface area contributed by atoms with E-state index in [1.807, 2.05) is 44.3 Å². The van der Waals surface area contributed by atoms with Gasteiger partial charge in [-0.2, -0.15) is 0 Å². The Balaban J connectivity index is 2.27. The zero-order valence-corrected chi connectivity index (χ0v) is 21.8. The van der Waals surface area contributed by atoms with Crippen LogP contribution in [0.4, 0.5) is 0 Å². The predicted octanol–water partition coefficient (Wildman–Crippen LogP) is 5.81. The van der Waals surface area contributed by atoms with Crippen molar-refractivity contribution in [2.75, 3.05) is 31.3 Å².